The number of nitrogens with one attached hydrogen (secondary N) is 1. The van der Waals surface area contributed by atoms with Gasteiger partial charge in [-0.05, 0) is 38.6 Å². The van der Waals surface area contributed by atoms with Crippen LogP contribution in [0.25, 0.3) is 0 Å². The van der Waals surface area contributed by atoms with Crippen LogP contribution in [0.3, 0.4) is 0 Å². The molecule has 154 valence electrons. The van der Waals surface area contributed by atoms with E-state index in [-0.39, 0.29) is 12.3 Å². The lowest BCUT2D eigenvalue weighted by Gasteiger charge is -2.27. The Kier molecular flexibility index (Phi) is 6.59. The standard InChI is InChI=1S/C22H26FN3O3/c1-14-7-6-8-15(25-14)11-12-24-21(27)17-13-19(22(28)29-3)26(2)20(17)16-9-4-5-10-18(16)23/h4-10,17,19-20H,11-13H2,1-3H3,(H,24,27)/t17-,19-,20-/m0/s1. The number of methoxy groups -OCH3 is 1. The molecule has 0 radical (unpaired) electrons. The van der Waals surface area contributed by atoms with Crippen molar-refractivity contribution in [3.63, 3.8) is 0 Å². The van der Waals surface area contributed by atoms with E-state index in [9.17, 15) is 14.0 Å². The quantitative estimate of drug-likeness (QED) is 0.756. The molecule has 0 spiro atoms. The minimum absolute atomic E-state index is 0.204. The summed E-state index contributed by atoms with van der Waals surface area (Å²) < 4.78 is 19.4. The van der Waals surface area contributed by atoms with Gasteiger partial charge in [0.2, 0.25) is 5.91 Å². The Morgan fingerprint density at radius 2 is 2.00 bits per heavy atom. The number of esters is 1. The van der Waals surface area contributed by atoms with Gasteiger partial charge in [-0.25, -0.2) is 4.39 Å². The summed E-state index contributed by atoms with van der Waals surface area (Å²) in [6, 6.07) is 11.0. The first-order chi connectivity index (χ1) is 13.9. The molecule has 6 nitrogen and oxygen atoms in total. The van der Waals surface area contributed by atoms with E-state index in [2.05, 4.69) is 10.3 Å². The molecule has 3 rings (SSSR count). The molecule has 3 atom stereocenters. The summed E-state index contributed by atoms with van der Waals surface area (Å²) >= 11 is 0. The van der Waals surface area contributed by atoms with Crippen molar-refractivity contribution in [2.24, 2.45) is 5.92 Å². The SMILES string of the molecule is COC(=O)[C@@H]1C[C@H](C(=O)NCCc2cccc(C)n2)[C@H](c2ccccc2F)N1C. The zero-order chi connectivity index (χ0) is 21.0. The van der Waals surface area contributed by atoms with E-state index >= 15 is 0 Å². The van der Waals surface area contributed by atoms with E-state index in [0.717, 1.165) is 11.4 Å². The van der Waals surface area contributed by atoms with Crippen LogP contribution in [-0.2, 0) is 20.7 Å². The summed E-state index contributed by atoms with van der Waals surface area (Å²) in [7, 11) is 3.04. The molecule has 0 bridgehead atoms. The zero-order valence-electron chi connectivity index (χ0n) is 16.9. The van der Waals surface area contributed by atoms with Gasteiger partial charge in [0.05, 0.1) is 13.0 Å². The van der Waals surface area contributed by atoms with Crippen LogP contribution in [0.5, 0.6) is 0 Å². The van der Waals surface area contributed by atoms with E-state index < -0.39 is 29.8 Å². The van der Waals surface area contributed by atoms with Gasteiger partial charge in [-0.1, -0.05) is 24.3 Å². The fourth-order valence-electron chi connectivity index (χ4n) is 4.00. The van der Waals surface area contributed by atoms with Crippen LogP contribution in [-0.4, -0.2) is 48.5 Å². The minimum Gasteiger partial charge on any atom is -0.468 e. The largest absolute Gasteiger partial charge is 0.468 e. The summed E-state index contributed by atoms with van der Waals surface area (Å²) in [6.45, 7) is 2.34. The molecule has 29 heavy (non-hydrogen) atoms. The summed E-state index contributed by atoms with van der Waals surface area (Å²) in [5, 5.41) is 2.93. The normalized spacial score (nSPS) is 21.7. The van der Waals surface area contributed by atoms with Crippen LogP contribution in [0.4, 0.5) is 4.39 Å². The van der Waals surface area contributed by atoms with Crippen LogP contribution >= 0.6 is 0 Å². The first kappa shape index (κ1) is 20.9. The monoisotopic (exact) mass is 399 g/mol. The van der Waals surface area contributed by atoms with Gasteiger partial charge >= 0.3 is 5.97 Å². The summed E-state index contributed by atoms with van der Waals surface area (Å²) in [4.78, 5) is 31.3. The third kappa shape index (κ3) is 4.62. The zero-order valence-corrected chi connectivity index (χ0v) is 16.9. The molecule has 1 aliphatic heterocycles. The second-order valence-electron chi connectivity index (χ2n) is 7.32. The van der Waals surface area contributed by atoms with E-state index in [4.69, 9.17) is 4.74 Å². The molecule has 7 heteroatoms. The highest BCUT2D eigenvalue weighted by molar-refractivity contribution is 5.83. The van der Waals surface area contributed by atoms with Crippen LogP contribution in [0.15, 0.2) is 42.5 Å². The number of carbonyl (C=O) groups is 2. The van der Waals surface area contributed by atoms with Crippen molar-refractivity contribution in [3.8, 4) is 0 Å². The van der Waals surface area contributed by atoms with Gasteiger partial charge in [-0.15, -0.1) is 0 Å². The number of pyridine rings is 1. The van der Waals surface area contributed by atoms with E-state index in [1.807, 2.05) is 25.1 Å². The number of ether oxygens (including phenoxy) is 1. The van der Waals surface area contributed by atoms with Crippen molar-refractivity contribution in [2.45, 2.75) is 31.8 Å². The fourth-order valence-corrected chi connectivity index (χ4v) is 4.00. The number of likely N-dealkylation sites (N-methyl/N-ethyl adjacent to an activating group) is 1. The number of rotatable bonds is 6. The van der Waals surface area contributed by atoms with Gasteiger partial charge < -0.3 is 10.1 Å². The Hall–Kier alpha value is -2.80. The maximum Gasteiger partial charge on any atom is 0.323 e. The lowest BCUT2D eigenvalue weighted by Crippen LogP contribution is -2.37. The molecule has 1 aliphatic rings. The summed E-state index contributed by atoms with van der Waals surface area (Å²) in [5.41, 5.74) is 2.22. The van der Waals surface area contributed by atoms with Crippen molar-refractivity contribution >= 4 is 11.9 Å². The molecule has 1 saturated heterocycles. The predicted octanol–water partition coefficient (Wildman–Crippen LogP) is 2.42. The Labute approximate surface area is 170 Å². The number of benzene rings is 1. The van der Waals surface area contributed by atoms with Crippen LogP contribution in [0, 0.1) is 18.7 Å². The molecule has 2 heterocycles. The van der Waals surface area contributed by atoms with Crippen molar-refractivity contribution in [1.82, 2.24) is 15.2 Å². The molecule has 1 amide bonds. The van der Waals surface area contributed by atoms with E-state index in [0.29, 0.717) is 18.5 Å². The Morgan fingerprint density at radius 3 is 2.69 bits per heavy atom. The molecule has 1 aromatic carbocycles. The highest BCUT2D eigenvalue weighted by Crippen LogP contribution is 2.41. The lowest BCUT2D eigenvalue weighted by molar-refractivity contribution is -0.145. The first-order valence-electron chi connectivity index (χ1n) is 9.66. The van der Waals surface area contributed by atoms with E-state index in [1.165, 1.54) is 13.2 Å². The number of aromatic nitrogens is 1. The number of nitrogens with zero attached hydrogens (tertiary/aromatic N) is 2. The molecule has 0 aliphatic carbocycles. The van der Waals surface area contributed by atoms with Crippen molar-refractivity contribution < 1.29 is 18.7 Å². The molecule has 1 aromatic heterocycles. The second kappa shape index (κ2) is 9.13. The Balaban J connectivity index is 1.75. The predicted molar refractivity (Wildman–Crippen MR) is 107 cm³/mol. The average Bonchev–Trinajstić information content (AvgIpc) is 3.05. The van der Waals surface area contributed by atoms with Gasteiger partial charge in [-0.2, -0.15) is 0 Å². The number of hydrogen-bond acceptors (Lipinski definition) is 5. The Morgan fingerprint density at radius 1 is 1.24 bits per heavy atom. The second-order valence-corrected chi connectivity index (χ2v) is 7.32. The maximum atomic E-state index is 14.5. The minimum atomic E-state index is -0.598. The number of likely N-dealkylation sites (tertiary alicyclic amines) is 1. The van der Waals surface area contributed by atoms with E-state index in [1.54, 1.807) is 30.1 Å². The number of aryl methyl sites for hydroxylation is 1. The first-order valence-corrected chi connectivity index (χ1v) is 9.66. The molecular weight excluding hydrogens is 373 g/mol. The maximum absolute atomic E-state index is 14.5. The van der Waals surface area contributed by atoms with Gasteiger partial charge in [0.15, 0.2) is 0 Å². The molecule has 2 aromatic rings. The van der Waals surface area contributed by atoms with Crippen molar-refractivity contribution in [3.05, 3.63) is 65.2 Å². The third-order valence-corrected chi connectivity index (χ3v) is 5.45. The third-order valence-electron chi connectivity index (χ3n) is 5.45. The molecule has 0 saturated carbocycles. The number of amides is 1. The number of hydrogen-bond donors (Lipinski definition) is 1. The molecule has 1 fully saturated rings. The summed E-state index contributed by atoms with van der Waals surface area (Å²) in [5.74, 6) is -1.58. The number of halogens is 1. The summed E-state index contributed by atoms with van der Waals surface area (Å²) in [6.07, 6.45) is 0.872. The van der Waals surface area contributed by atoms with Gasteiger partial charge in [0, 0.05) is 36.0 Å². The fraction of sp³-hybridized carbons (Fsp3) is 0.409. The van der Waals surface area contributed by atoms with Crippen LogP contribution < -0.4 is 5.32 Å². The van der Waals surface area contributed by atoms with Crippen LogP contribution in [0.2, 0.25) is 0 Å². The van der Waals surface area contributed by atoms with Gasteiger partial charge in [-0.3, -0.25) is 19.5 Å². The smallest absolute Gasteiger partial charge is 0.323 e. The highest BCUT2D eigenvalue weighted by Gasteiger charge is 2.47. The molecule has 0 unspecified atom stereocenters. The molecule has 1 N–H and O–H groups in total. The highest BCUT2D eigenvalue weighted by atomic mass is 19.1. The van der Waals surface area contributed by atoms with Crippen LogP contribution in [0.1, 0.15) is 29.4 Å². The van der Waals surface area contributed by atoms with Gasteiger partial charge in [0.25, 0.3) is 0 Å². The molecular formula is C22H26FN3O3. The topological polar surface area (TPSA) is 71.5 Å². The van der Waals surface area contributed by atoms with Crippen molar-refractivity contribution in [2.75, 3.05) is 20.7 Å². The average molecular weight is 399 g/mol. The number of carbonyl (C=O) groups excluding carboxylic acids is 2. The van der Waals surface area contributed by atoms with Crippen molar-refractivity contribution in [1.29, 1.82) is 0 Å². The van der Waals surface area contributed by atoms with Gasteiger partial charge in [0.1, 0.15) is 11.9 Å². The lowest BCUT2D eigenvalue weighted by atomic mass is 9.92. The Bertz CT molecular complexity index is 889.